The van der Waals surface area contributed by atoms with Crippen LogP contribution in [0.1, 0.15) is 36.5 Å². The van der Waals surface area contributed by atoms with Gasteiger partial charge in [0.05, 0.1) is 24.3 Å². The zero-order chi connectivity index (χ0) is 25.8. The summed E-state index contributed by atoms with van der Waals surface area (Å²) in [6.45, 7) is 6.98. The number of carbonyl (C=O) groups excluding carboxylic acids is 1. The van der Waals surface area contributed by atoms with E-state index in [1.807, 2.05) is 51.1 Å². The molecule has 36 heavy (non-hydrogen) atoms. The third-order valence-corrected chi connectivity index (χ3v) is 6.27. The molecule has 0 bridgehead atoms. The Morgan fingerprint density at radius 2 is 1.92 bits per heavy atom. The number of H-pyrrole nitrogens is 1. The van der Waals surface area contributed by atoms with E-state index in [1.54, 1.807) is 17.0 Å². The summed E-state index contributed by atoms with van der Waals surface area (Å²) < 4.78 is 17.1. The van der Waals surface area contributed by atoms with E-state index in [4.69, 9.17) is 19.9 Å². The Morgan fingerprint density at radius 1 is 1.19 bits per heavy atom. The van der Waals surface area contributed by atoms with Gasteiger partial charge in [0.15, 0.2) is 18.1 Å². The molecular weight excluding hydrogens is 458 g/mol. The minimum absolute atomic E-state index is 0.000990. The summed E-state index contributed by atoms with van der Waals surface area (Å²) in [5, 5.41) is 17.4. The first-order valence-corrected chi connectivity index (χ1v) is 11.7. The number of benzene rings is 2. The molecule has 1 amide bonds. The topological polar surface area (TPSA) is 126 Å². The van der Waals surface area contributed by atoms with Gasteiger partial charge in [-0.3, -0.25) is 9.89 Å². The predicted octanol–water partition coefficient (Wildman–Crippen LogP) is 3.86. The van der Waals surface area contributed by atoms with Gasteiger partial charge >= 0.3 is 0 Å². The third kappa shape index (κ3) is 4.58. The molecule has 1 aliphatic rings. The average molecular weight is 488 g/mol. The van der Waals surface area contributed by atoms with Gasteiger partial charge in [-0.1, -0.05) is 35.9 Å². The van der Waals surface area contributed by atoms with Crippen molar-refractivity contribution in [1.82, 2.24) is 15.1 Å². The first-order valence-electron chi connectivity index (χ1n) is 11.7. The summed E-state index contributed by atoms with van der Waals surface area (Å²) in [6.07, 6.45) is 0. The number of rotatable bonds is 8. The fourth-order valence-electron chi connectivity index (χ4n) is 4.31. The standard InChI is InChI=1S/C27H29N5O4/c1-5-32(6-2)22(33)15-35-20-12-11-18(13-21(20)34-4)23-19(14-28)26(29)36-27-24(23)25(30-31-27)17-9-7-16(3)8-10-17/h7-13,23H,5-6,15,29H2,1-4H3,(H,30,31). The molecule has 0 saturated heterocycles. The summed E-state index contributed by atoms with van der Waals surface area (Å²) in [5.41, 5.74) is 10.6. The second-order valence-corrected chi connectivity index (χ2v) is 8.37. The fraction of sp³-hybridized carbons (Fsp3) is 0.296. The van der Waals surface area contributed by atoms with Crippen molar-refractivity contribution in [2.75, 3.05) is 26.8 Å². The van der Waals surface area contributed by atoms with Crippen molar-refractivity contribution in [2.24, 2.45) is 5.73 Å². The number of hydrogen-bond donors (Lipinski definition) is 2. The molecule has 9 heteroatoms. The van der Waals surface area contributed by atoms with Crippen molar-refractivity contribution in [1.29, 1.82) is 5.26 Å². The molecule has 2 aromatic carbocycles. The third-order valence-electron chi connectivity index (χ3n) is 6.27. The number of nitrogens with zero attached hydrogens (tertiary/aromatic N) is 3. The van der Waals surface area contributed by atoms with Crippen LogP contribution in [0.25, 0.3) is 11.3 Å². The lowest BCUT2D eigenvalue weighted by atomic mass is 9.83. The average Bonchev–Trinajstić information content (AvgIpc) is 3.30. The van der Waals surface area contributed by atoms with E-state index < -0.39 is 5.92 Å². The summed E-state index contributed by atoms with van der Waals surface area (Å²) in [6, 6.07) is 15.5. The predicted molar refractivity (Wildman–Crippen MR) is 134 cm³/mol. The second-order valence-electron chi connectivity index (χ2n) is 8.37. The number of ether oxygens (including phenoxy) is 3. The summed E-state index contributed by atoms with van der Waals surface area (Å²) in [7, 11) is 1.53. The molecule has 0 spiro atoms. The van der Waals surface area contributed by atoms with Crippen molar-refractivity contribution < 1.29 is 19.0 Å². The van der Waals surface area contributed by atoms with Crippen molar-refractivity contribution >= 4 is 5.91 Å². The first-order chi connectivity index (χ1) is 17.4. The second kappa shape index (κ2) is 10.4. The Balaban J connectivity index is 1.74. The number of nitriles is 1. The fourth-order valence-corrected chi connectivity index (χ4v) is 4.31. The Morgan fingerprint density at radius 3 is 2.56 bits per heavy atom. The van der Waals surface area contributed by atoms with E-state index in [9.17, 15) is 10.1 Å². The van der Waals surface area contributed by atoms with Gasteiger partial charge in [-0.15, -0.1) is 5.10 Å². The van der Waals surface area contributed by atoms with E-state index in [1.165, 1.54) is 7.11 Å². The number of methoxy groups -OCH3 is 1. The number of aromatic amines is 1. The maximum Gasteiger partial charge on any atom is 0.260 e. The number of aromatic nitrogens is 2. The minimum atomic E-state index is -0.547. The van der Waals surface area contributed by atoms with Gasteiger partial charge < -0.3 is 24.8 Å². The minimum Gasteiger partial charge on any atom is -0.493 e. The molecule has 4 rings (SSSR count). The molecular formula is C27H29N5O4. The number of hydrogen-bond acceptors (Lipinski definition) is 7. The van der Waals surface area contributed by atoms with Gasteiger partial charge in [-0.25, -0.2) is 0 Å². The Bertz CT molecular complexity index is 1330. The van der Waals surface area contributed by atoms with Gasteiger partial charge in [0.1, 0.15) is 11.6 Å². The number of aryl methyl sites for hydroxylation is 1. The van der Waals surface area contributed by atoms with Gasteiger partial charge in [-0.05, 0) is 38.5 Å². The van der Waals surface area contributed by atoms with Crippen molar-refractivity contribution in [2.45, 2.75) is 26.7 Å². The molecule has 3 N–H and O–H groups in total. The Labute approximate surface area is 210 Å². The van der Waals surface area contributed by atoms with E-state index in [0.717, 1.165) is 22.4 Å². The maximum absolute atomic E-state index is 12.4. The lowest BCUT2D eigenvalue weighted by Gasteiger charge is -2.25. The maximum atomic E-state index is 12.4. The zero-order valence-corrected chi connectivity index (χ0v) is 20.8. The van der Waals surface area contributed by atoms with Crippen LogP contribution < -0.4 is 19.9 Å². The molecule has 0 fully saturated rings. The van der Waals surface area contributed by atoms with E-state index >= 15 is 0 Å². The van der Waals surface area contributed by atoms with Crippen LogP contribution in [0.15, 0.2) is 53.9 Å². The molecule has 0 aliphatic carbocycles. The van der Waals surface area contributed by atoms with Crippen LogP contribution in [-0.4, -0.2) is 47.8 Å². The van der Waals surface area contributed by atoms with E-state index in [0.29, 0.717) is 36.0 Å². The number of allylic oxidation sites excluding steroid dienone is 1. The monoisotopic (exact) mass is 487 g/mol. The molecule has 1 aliphatic heterocycles. The van der Waals surface area contributed by atoms with Crippen LogP contribution in [0.3, 0.4) is 0 Å². The van der Waals surface area contributed by atoms with Gasteiger partial charge in [0.25, 0.3) is 5.91 Å². The number of likely N-dealkylation sites (N-methyl/N-ethyl adjacent to an activating group) is 1. The van der Waals surface area contributed by atoms with Crippen LogP contribution in [0.4, 0.5) is 0 Å². The molecule has 3 aromatic rings. The van der Waals surface area contributed by atoms with Gasteiger partial charge in [0, 0.05) is 18.7 Å². The normalized spacial score (nSPS) is 14.5. The van der Waals surface area contributed by atoms with Crippen LogP contribution >= 0.6 is 0 Å². The number of nitrogens with two attached hydrogens (primary N) is 1. The number of amides is 1. The molecule has 1 aromatic heterocycles. The Hall–Kier alpha value is -4.45. The highest BCUT2D eigenvalue weighted by atomic mass is 16.5. The number of fused-ring (bicyclic) bond motifs is 1. The van der Waals surface area contributed by atoms with Crippen LogP contribution in [-0.2, 0) is 4.79 Å². The molecule has 0 saturated carbocycles. The van der Waals surface area contributed by atoms with Crippen LogP contribution in [0, 0.1) is 18.3 Å². The quantitative estimate of drug-likeness (QED) is 0.494. The molecule has 186 valence electrons. The van der Waals surface area contributed by atoms with Crippen LogP contribution in [0.5, 0.6) is 17.4 Å². The highest BCUT2D eigenvalue weighted by Crippen LogP contribution is 2.47. The van der Waals surface area contributed by atoms with Crippen LogP contribution in [0.2, 0.25) is 0 Å². The lowest BCUT2D eigenvalue weighted by molar-refractivity contribution is -0.132. The van der Waals surface area contributed by atoms with E-state index in [2.05, 4.69) is 16.3 Å². The summed E-state index contributed by atoms with van der Waals surface area (Å²) >= 11 is 0. The molecule has 9 nitrogen and oxygen atoms in total. The smallest absolute Gasteiger partial charge is 0.260 e. The van der Waals surface area contributed by atoms with Crippen molar-refractivity contribution in [3.63, 3.8) is 0 Å². The lowest BCUT2D eigenvalue weighted by Crippen LogP contribution is -2.34. The molecule has 2 heterocycles. The zero-order valence-electron chi connectivity index (χ0n) is 20.8. The molecule has 1 unspecified atom stereocenters. The SMILES string of the molecule is CCN(CC)C(=O)COc1ccc(C2C(C#N)=C(N)Oc3n[nH]c(-c4ccc(C)cc4)c32)cc1OC. The summed E-state index contributed by atoms with van der Waals surface area (Å²) in [4.78, 5) is 14.1. The highest BCUT2D eigenvalue weighted by Gasteiger charge is 2.36. The first kappa shape index (κ1) is 24.7. The number of carbonyl (C=O) groups is 1. The summed E-state index contributed by atoms with van der Waals surface area (Å²) in [5.74, 6) is 0.523. The van der Waals surface area contributed by atoms with Crippen molar-refractivity contribution in [3.8, 4) is 34.7 Å². The van der Waals surface area contributed by atoms with E-state index in [-0.39, 0.29) is 24.0 Å². The van der Waals surface area contributed by atoms with Gasteiger partial charge in [-0.2, -0.15) is 5.26 Å². The highest BCUT2D eigenvalue weighted by molar-refractivity contribution is 5.78. The molecule has 0 radical (unpaired) electrons. The van der Waals surface area contributed by atoms with Crippen molar-refractivity contribution in [3.05, 3.63) is 70.6 Å². The molecule has 1 atom stereocenters. The largest absolute Gasteiger partial charge is 0.493 e. The Kier molecular flexibility index (Phi) is 7.15. The van der Waals surface area contributed by atoms with Gasteiger partial charge in [0.2, 0.25) is 11.8 Å². The number of nitrogens with one attached hydrogen (secondary N) is 1.